The van der Waals surface area contributed by atoms with Gasteiger partial charge >= 0.3 is 5.97 Å². The Kier molecular flexibility index (Phi) is 3.57. The minimum Gasteiger partial charge on any atom is -0.464 e. The highest BCUT2D eigenvalue weighted by Crippen LogP contribution is 2.20. The molecule has 0 radical (unpaired) electrons. The smallest absolute Gasteiger partial charge is 0.356 e. The number of aromatic nitrogens is 1. The van der Waals surface area contributed by atoms with Gasteiger partial charge in [-0.25, -0.2) is 9.78 Å². The lowest BCUT2D eigenvalue weighted by molar-refractivity contribution is 0.0594. The SMILES string of the molecule is COC(=O)c1ccc(Oc2ccc(C)cc2)cn1. The second-order valence-corrected chi connectivity index (χ2v) is 3.79. The third kappa shape index (κ3) is 2.85. The Labute approximate surface area is 105 Å². The van der Waals surface area contributed by atoms with E-state index in [0.717, 1.165) is 5.75 Å². The molecule has 0 unspecified atom stereocenters. The number of hydrogen-bond acceptors (Lipinski definition) is 4. The van der Waals surface area contributed by atoms with Gasteiger partial charge in [-0.05, 0) is 31.2 Å². The summed E-state index contributed by atoms with van der Waals surface area (Å²) in [5.41, 5.74) is 1.43. The van der Waals surface area contributed by atoms with Crippen LogP contribution in [0.2, 0.25) is 0 Å². The maximum atomic E-state index is 11.2. The summed E-state index contributed by atoms with van der Waals surface area (Å²) in [6.45, 7) is 2.01. The van der Waals surface area contributed by atoms with Gasteiger partial charge in [0.05, 0.1) is 13.3 Å². The fraction of sp³-hybridized carbons (Fsp3) is 0.143. The van der Waals surface area contributed by atoms with E-state index in [1.54, 1.807) is 12.1 Å². The summed E-state index contributed by atoms with van der Waals surface area (Å²) in [5.74, 6) is 0.844. The number of aryl methyl sites for hydroxylation is 1. The lowest BCUT2D eigenvalue weighted by Gasteiger charge is -2.05. The highest BCUT2D eigenvalue weighted by molar-refractivity contribution is 5.87. The van der Waals surface area contributed by atoms with Crippen LogP contribution < -0.4 is 4.74 Å². The highest BCUT2D eigenvalue weighted by atomic mass is 16.5. The van der Waals surface area contributed by atoms with Crippen molar-refractivity contribution in [2.24, 2.45) is 0 Å². The molecule has 92 valence electrons. The second kappa shape index (κ2) is 5.31. The third-order valence-electron chi connectivity index (χ3n) is 2.39. The van der Waals surface area contributed by atoms with E-state index in [9.17, 15) is 4.79 Å². The van der Waals surface area contributed by atoms with E-state index in [1.807, 2.05) is 31.2 Å². The lowest BCUT2D eigenvalue weighted by atomic mass is 10.2. The number of pyridine rings is 1. The Morgan fingerprint density at radius 2 is 1.72 bits per heavy atom. The first-order valence-corrected chi connectivity index (χ1v) is 5.48. The molecule has 1 aromatic heterocycles. The van der Waals surface area contributed by atoms with Crippen molar-refractivity contribution in [1.29, 1.82) is 0 Å². The van der Waals surface area contributed by atoms with Gasteiger partial charge in [-0.2, -0.15) is 0 Å². The zero-order valence-corrected chi connectivity index (χ0v) is 10.2. The van der Waals surface area contributed by atoms with E-state index in [1.165, 1.54) is 18.9 Å². The van der Waals surface area contributed by atoms with E-state index in [-0.39, 0.29) is 5.69 Å². The molecule has 2 rings (SSSR count). The van der Waals surface area contributed by atoms with Crippen molar-refractivity contribution in [1.82, 2.24) is 4.98 Å². The molecular formula is C14H13NO3. The normalized spacial score (nSPS) is 9.89. The highest BCUT2D eigenvalue weighted by Gasteiger charge is 2.06. The van der Waals surface area contributed by atoms with Crippen molar-refractivity contribution in [3.8, 4) is 11.5 Å². The Bertz CT molecular complexity index is 532. The van der Waals surface area contributed by atoms with Gasteiger partial charge in [-0.15, -0.1) is 0 Å². The summed E-state index contributed by atoms with van der Waals surface area (Å²) >= 11 is 0. The number of nitrogens with zero attached hydrogens (tertiary/aromatic N) is 1. The van der Waals surface area contributed by atoms with Crippen LogP contribution in [0.4, 0.5) is 0 Å². The molecule has 0 N–H and O–H groups in total. The summed E-state index contributed by atoms with van der Waals surface area (Å²) in [7, 11) is 1.32. The van der Waals surface area contributed by atoms with Gasteiger partial charge in [0.2, 0.25) is 0 Å². The standard InChI is InChI=1S/C14H13NO3/c1-10-3-5-11(6-4-10)18-12-7-8-13(15-9-12)14(16)17-2/h3-9H,1-2H3. The molecule has 1 aromatic carbocycles. The number of benzene rings is 1. The first-order valence-electron chi connectivity index (χ1n) is 5.48. The topological polar surface area (TPSA) is 48.4 Å². The quantitative estimate of drug-likeness (QED) is 0.777. The third-order valence-corrected chi connectivity index (χ3v) is 2.39. The molecule has 0 spiro atoms. The first-order chi connectivity index (χ1) is 8.69. The van der Waals surface area contributed by atoms with Gasteiger partial charge in [-0.1, -0.05) is 17.7 Å². The number of carbonyl (C=O) groups excluding carboxylic acids is 1. The number of methoxy groups -OCH3 is 1. The van der Waals surface area contributed by atoms with E-state index in [2.05, 4.69) is 9.72 Å². The minimum absolute atomic E-state index is 0.258. The molecule has 0 saturated heterocycles. The summed E-state index contributed by atoms with van der Waals surface area (Å²) in [6, 6.07) is 10.9. The Balaban J connectivity index is 2.10. The number of rotatable bonds is 3. The van der Waals surface area contributed by atoms with Crippen molar-refractivity contribution in [3.05, 3.63) is 53.9 Å². The zero-order valence-electron chi connectivity index (χ0n) is 10.2. The first kappa shape index (κ1) is 12.1. The molecule has 18 heavy (non-hydrogen) atoms. The van der Waals surface area contributed by atoms with Crippen LogP contribution in [0.1, 0.15) is 16.1 Å². The van der Waals surface area contributed by atoms with Crippen molar-refractivity contribution in [2.75, 3.05) is 7.11 Å². The fourth-order valence-electron chi connectivity index (χ4n) is 1.41. The number of carbonyl (C=O) groups is 1. The van der Waals surface area contributed by atoms with Crippen LogP contribution in [0.15, 0.2) is 42.6 Å². The Hall–Kier alpha value is -2.36. The molecule has 0 saturated carbocycles. The fourth-order valence-corrected chi connectivity index (χ4v) is 1.41. The Morgan fingerprint density at radius 1 is 1.06 bits per heavy atom. The van der Waals surface area contributed by atoms with E-state index >= 15 is 0 Å². The van der Waals surface area contributed by atoms with Crippen LogP contribution in [0, 0.1) is 6.92 Å². The van der Waals surface area contributed by atoms with Crippen LogP contribution in [0.5, 0.6) is 11.5 Å². The maximum Gasteiger partial charge on any atom is 0.356 e. The van der Waals surface area contributed by atoms with Crippen molar-refractivity contribution in [3.63, 3.8) is 0 Å². The van der Waals surface area contributed by atoms with E-state index < -0.39 is 5.97 Å². The molecule has 4 heteroatoms. The molecule has 0 atom stereocenters. The van der Waals surface area contributed by atoms with Crippen LogP contribution in [0.25, 0.3) is 0 Å². The van der Waals surface area contributed by atoms with Gasteiger partial charge in [0.1, 0.15) is 17.2 Å². The lowest BCUT2D eigenvalue weighted by Crippen LogP contribution is -2.03. The molecule has 0 aliphatic rings. The second-order valence-electron chi connectivity index (χ2n) is 3.79. The molecule has 1 heterocycles. The summed E-state index contributed by atoms with van der Waals surface area (Å²) in [5, 5.41) is 0. The molecule has 4 nitrogen and oxygen atoms in total. The number of esters is 1. The van der Waals surface area contributed by atoms with Crippen LogP contribution in [-0.4, -0.2) is 18.1 Å². The van der Waals surface area contributed by atoms with Gasteiger partial charge in [0.15, 0.2) is 0 Å². The maximum absolute atomic E-state index is 11.2. The molecule has 2 aromatic rings. The molecule has 0 aliphatic heterocycles. The molecule has 0 bridgehead atoms. The van der Waals surface area contributed by atoms with Crippen LogP contribution >= 0.6 is 0 Å². The van der Waals surface area contributed by atoms with E-state index in [4.69, 9.17) is 4.74 Å². The van der Waals surface area contributed by atoms with Gasteiger partial charge < -0.3 is 9.47 Å². The van der Waals surface area contributed by atoms with E-state index in [0.29, 0.717) is 5.75 Å². The molecule has 0 fully saturated rings. The monoisotopic (exact) mass is 243 g/mol. The Morgan fingerprint density at radius 3 is 2.28 bits per heavy atom. The number of hydrogen-bond donors (Lipinski definition) is 0. The molecule has 0 amide bonds. The van der Waals surface area contributed by atoms with Gasteiger partial charge in [-0.3, -0.25) is 0 Å². The van der Waals surface area contributed by atoms with Crippen LogP contribution in [-0.2, 0) is 4.74 Å². The largest absolute Gasteiger partial charge is 0.464 e. The molecular weight excluding hydrogens is 230 g/mol. The zero-order chi connectivity index (χ0) is 13.0. The van der Waals surface area contributed by atoms with Crippen LogP contribution in [0.3, 0.4) is 0 Å². The van der Waals surface area contributed by atoms with Gasteiger partial charge in [0.25, 0.3) is 0 Å². The summed E-state index contributed by atoms with van der Waals surface area (Å²) in [6.07, 6.45) is 1.49. The predicted molar refractivity (Wildman–Crippen MR) is 66.8 cm³/mol. The minimum atomic E-state index is -0.461. The van der Waals surface area contributed by atoms with Crippen molar-refractivity contribution in [2.45, 2.75) is 6.92 Å². The summed E-state index contributed by atoms with van der Waals surface area (Å²) in [4.78, 5) is 15.2. The summed E-state index contributed by atoms with van der Waals surface area (Å²) < 4.78 is 10.2. The number of ether oxygens (including phenoxy) is 2. The van der Waals surface area contributed by atoms with Crippen molar-refractivity contribution < 1.29 is 14.3 Å². The predicted octanol–water partition coefficient (Wildman–Crippen LogP) is 2.97. The average Bonchev–Trinajstić information content (AvgIpc) is 2.41. The molecule has 0 aliphatic carbocycles. The average molecular weight is 243 g/mol. The van der Waals surface area contributed by atoms with Crippen molar-refractivity contribution >= 4 is 5.97 Å². The van der Waals surface area contributed by atoms with Gasteiger partial charge in [0, 0.05) is 0 Å².